The number of nitrogens with two attached hydrogens (primary N) is 1. The van der Waals surface area contributed by atoms with E-state index in [2.05, 4.69) is 52.3 Å². The normalized spacial score (nSPS) is 15.8. The molecule has 44 heavy (non-hydrogen) atoms. The molecule has 0 aliphatic carbocycles. The summed E-state index contributed by atoms with van der Waals surface area (Å²) in [5.74, 6) is 1.18. The Hall–Kier alpha value is -4.05. The van der Waals surface area contributed by atoms with E-state index in [1.165, 1.54) is 7.11 Å². The van der Waals surface area contributed by atoms with Crippen molar-refractivity contribution in [1.29, 1.82) is 0 Å². The first-order chi connectivity index (χ1) is 21.4. The number of fused-ring (bicyclic) bond motifs is 1. The van der Waals surface area contributed by atoms with Crippen LogP contribution in [0.1, 0.15) is 43.0 Å². The zero-order valence-electron chi connectivity index (χ0n) is 25.7. The highest BCUT2D eigenvalue weighted by Crippen LogP contribution is 2.30. The van der Waals surface area contributed by atoms with Gasteiger partial charge in [0.05, 0.1) is 11.0 Å². The van der Waals surface area contributed by atoms with Gasteiger partial charge in [-0.2, -0.15) is 0 Å². The number of aromatic nitrogens is 2. The van der Waals surface area contributed by atoms with E-state index >= 15 is 0 Å². The second-order valence-corrected chi connectivity index (χ2v) is 11.6. The topological polar surface area (TPSA) is 112 Å². The Morgan fingerprint density at radius 3 is 2.45 bits per heavy atom. The van der Waals surface area contributed by atoms with Crippen LogP contribution in [0.5, 0.6) is 0 Å². The van der Waals surface area contributed by atoms with E-state index in [0.29, 0.717) is 26.0 Å². The van der Waals surface area contributed by atoms with Crippen LogP contribution in [0.15, 0.2) is 72.8 Å². The van der Waals surface area contributed by atoms with Crippen LogP contribution in [-0.4, -0.2) is 72.8 Å². The van der Waals surface area contributed by atoms with E-state index in [0.717, 1.165) is 71.6 Å². The quantitative estimate of drug-likeness (QED) is 0.210. The average molecular weight is 598 g/mol. The molecule has 3 N–H and O–H groups in total. The van der Waals surface area contributed by atoms with Gasteiger partial charge in [0, 0.05) is 64.5 Å². The summed E-state index contributed by atoms with van der Waals surface area (Å²) in [7, 11) is 3.22. The first-order valence-electron chi connectivity index (χ1n) is 15.4. The number of benzene rings is 3. The Morgan fingerprint density at radius 2 is 1.73 bits per heavy atom. The molecule has 3 aromatic carbocycles. The van der Waals surface area contributed by atoms with Gasteiger partial charge in [0.2, 0.25) is 11.8 Å². The van der Waals surface area contributed by atoms with Crippen molar-refractivity contribution in [3.05, 3.63) is 84.2 Å². The molecular weight excluding hydrogens is 554 g/mol. The number of rotatable bonds is 13. The van der Waals surface area contributed by atoms with E-state index in [-0.39, 0.29) is 30.4 Å². The Morgan fingerprint density at radius 1 is 1.00 bits per heavy atom. The SMILES string of the molecule is COCCCn1c([C@@H]2CCCN(C(=O)C[C@H](N)Cc3ccc(-c4ccc(NC(=O)COC)cc4)cc3)C2)nc2ccccc21. The monoisotopic (exact) mass is 597 g/mol. The fourth-order valence-electron chi connectivity index (χ4n) is 6.06. The fourth-order valence-corrected chi connectivity index (χ4v) is 6.06. The molecule has 232 valence electrons. The number of imidazole rings is 1. The first-order valence-corrected chi connectivity index (χ1v) is 15.4. The van der Waals surface area contributed by atoms with Crippen molar-refractivity contribution in [1.82, 2.24) is 14.5 Å². The number of amides is 2. The lowest BCUT2D eigenvalue weighted by Crippen LogP contribution is -2.42. The lowest BCUT2D eigenvalue weighted by molar-refractivity contribution is -0.132. The van der Waals surface area contributed by atoms with Crippen LogP contribution in [0, 0.1) is 0 Å². The Kier molecular flexibility index (Phi) is 10.8. The maximum Gasteiger partial charge on any atom is 0.250 e. The number of hydrogen-bond donors (Lipinski definition) is 2. The van der Waals surface area contributed by atoms with E-state index in [9.17, 15) is 9.59 Å². The summed E-state index contributed by atoms with van der Waals surface area (Å²) in [6, 6.07) is 24.0. The molecule has 1 aromatic heterocycles. The van der Waals surface area contributed by atoms with E-state index in [1.54, 1.807) is 7.11 Å². The molecule has 9 nitrogen and oxygen atoms in total. The Balaban J connectivity index is 1.16. The number of methoxy groups -OCH3 is 2. The lowest BCUT2D eigenvalue weighted by Gasteiger charge is -2.33. The molecule has 1 aliphatic heterocycles. The number of ether oxygens (including phenoxy) is 2. The second-order valence-electron chi connectivity index (χ2n) is 11.6. The van der Waals surface area contributed by atoms with Gasteiger partial charge in [0.15, 0.2) is 0 Å². The van der Waals surface area contributed by atoms with Gasteiger partial charge >= 0.3 is 0 Å². The highest BCUT2D eigenvalue weighted by molar-refractivity contribution is 5.92. The molecule has 1 saturated heterocycles. The third-order valence-electron chi connectivity index (χ3n) is 8.22. The molecule has 0 saturated carbocycles. The van der Waals surface area contributed by atoms with Crippen molar-refractivity contribution in [3.8, 4) is 11.1 Å². The van der Waals surface area contributed by atoms with Crippen LogP contribution in [0.25, 0.3) is 22.2 Å². The summed E-state index contributed by atoms with van der Waals surface area (Å²) in [5.41, 5.74) is 12.6. The van der Waals surface area contributed by atoms with Crippen LogP contribution in [0.2, 0.25) is 0 Å². The number of nitrogens with zero attached hydrogens (tertiary/aromatic N) is 3. The minimum absolute atomic E-state index is 0.0228. The molecule has 0 bridgehead atoms. The smallest absolute Gasteiger partial charge is 0.250 e. The second kappa shape index (κ2) is 15.1. The van der Waals surface area contributed by atoms with Crippen molar-refractivity contribution in [2.45, 2.75) is 50.6 Å². The molecule has 1 fully saturated rings. The predicted molar refractivity (Wildman–Crippen MR) is 173 cm³/mol. The number of aryl methyl sites for hydroxylation is 1. The summed E-state index contributed by atoms with van der Waals surface area (Å²) >= 11 is 0. The number of carbonyl (C=O) groups is 2. The molecule has 4 aromatic rings. The number of para-hydroxylation sites is 2. The zero-order valence-corrected chi connectivity index (χ0v) is 25.7. The first kappa shape index (κ1) is 31.4. The van der Waals surface area contributed by atoms with Crippen molar-refractivity contribution in [2.24, 2.45) is 5.73 Å². The van der Waals surface area contributed by atoms with Gasteiger partial charge in [-0.05, 0) is 66.6 Å². The van der Waals surface area contributed by atoms with Gasteiger partial charge in [0.25, 0.3) is 0 Å². The average Bonchev–Trinajstić information content (AvgIpc) is 3.41. The highest BCUT2D eigenvalue weighted by atomic mass is 16.5. The summed E-state index contributed by atoms with van der Waals surface area (Å²) in [6.07, 6.45) is 3.82. The Labute approximate surface area is 259 Å². The maximum atomic E-state index is 13.4. The number of piperidine rings is 1. The summed E-state index contributed by atoms with van der Waals surface area (Å²) in [6.45, 7) is 2.99. The molecule has 0 radical (unpaired) electrons. The minimum Gasteiger partial charge on any atom is -0.385 e. The third-order valence-corrected chi connectivity index (χ3v) is 8.22. The summed E-state index contributed by atoms with van der Waals surface area (Å²) in [4.78, 5) is 32.1. The molecule has 2 atom stereocenters. The van der Waals surface area contributed by atoms with E-state index < -0.39 is 0 Å². The number of nitrogens with one attached hydrogen (secondary N) is 1. The van der Waals surface area contributed by atoms with Gasteiger partial charge in [-0.25, -0.2) is 4.98 Å². The number of carbonyl (C=O) groups excluding carboxylic acids is 2. The fraction of sp³-hybridized carbons (Fsp3) is 0.400. The highest BCUT2D eigenvalue weighted by Gasteiger charge is 2.29. The largest absolute Gasteiger partial charge is 0.385 e. The third kappa shape index (κ3) is 7.91. The molecule has 1 aliphatic rings. The summed E-state index contributed by atoms with van der Waals surface area (Å²) < 4.78 is 12.5. The maximum absolute atomic E-state index is 13.4. The van der Waals surface area contributed by atoms with Crippen molar-refractivity contribution in [2.75, 3.05) is 45.8 Å². The van der Waals surface area contributed by atoms with E-state index in [4.69, 9.17) is 20.2 Å². The van der Waals surface area contributed by atoms with Gasteiger partial charge in [0.1, 0.15) is 12.4 Å². The molecule has 2 heterocycles. The van der Waals surface area contributed by atoms with Crippen molar-refractivity contribution >= 4 is 28.5 Å². The van der Waals surface area contributed by atoms with Crippen LogP contribution in [0.3, 0.4) is 0 Å². The van der Waals surface area contributed by atoms with Crippen LogP contribution in [0.4, 0.5) is 5.69 Å². The lowest BCUT2D eigenvalue weighted by atomic mass is 9.95. The number of likely N-dealkylation sites (tertiary alicyclic amines) is 1. The van der Waals surface area contributed by atoms with Crippen LogP contribution < -0.4 is 11.1 Å². The van der Waals surface area contributed by atoms with Gasteiger partial charge in [-0.3, -0.25) is 9.59 Å². The number of anilines is 1. The Bertz CT molecular complexity index is 1530. The van der Waals surface area contributed by atoms with E-state index in [1.807, 2.05) is 35.2 Å². The van der Waals surface area contributed by atoms with Gasteiger partial charge in [-0.1, -0.05) is 48.5 Å². The molecule has 0 spiro atoms. The standard InChI is InChI=1S/C35H43N5O4/c1-43-20-6-19-40-32-9-4-3-8-31(32)38-35(40)28-7-5-18-39(23-28)34(42)22-29(36)21-25-10-12-26(13-11-25)27-14-16-30(17-15-27)37-33(41)24-44-2/h3-4,8-17,28-29H,5-7,18-24,36H2,1-2H3,(H,37,41)/t28-,29-/m1/s1. The summed E-state index contributed by atoms with van der Waals surface area (Å²) in [5, 5.41) is 2.80. The molecule has 2 amide bonds. The zero-order chi connectivity index (χ0) is 30.9. The van der Waals surface area contributed by atoms with Crippen molar-refractivity contribution < 1.29 is 19.1 Å². The molecule has 5 rings (SSSR count). The molecule has 0 unspecified atom stereocenters. The molecule has 9 heteroatoms. The molecular formula is C35H43N5O4. The van der Waals surface area contributed by atoms with Crippen LogP contribution >= 0.6 is 0 Å². The number of hydrogen-bond acceptors (Lipinski definition) is 6. The minimum atomic E-state index is -0.262. The van der Waals surface area contributed by atoms with Gasteiger partial charge < -0.3 is 30.0 Å². The van der Waals surface area contributed by atoms with Gasteiger partial charge in [-0.15, -0.1) is 0 Å². The van der Waals surface area contributed by atoms with Crippen LogP contribution in [-0.2, 0) is 32.0 Å². The van der Waals surface area contributed by atoms with Crippen molar-refractivity contribution in [3.63, 3.8) is 0 Å². The predicted octanol–water partition coefficient (Wildman–Crippen LogP) is 4.99.